The molecule has 0 aliphatic carbocycles. The molecule has 0 bridgehead atoms. The predicted octanol–water partition coefficient (Wildman–Crippen LogP) is 2.88. The van der Waals surface area contributed by atoms with Gasteiger partial charge in [0.2, 0.25) is 10.0 Å². The van der Waals surface area contributed by atoms with Gasteiger partial charge in [0.15, 0.2) is 0 Å². The third kappa shape index (κ3) is 6.43. The summed E-state index contributed by atoms with van der Waals surface area (Å²) in [7, 11) is -3.43. The summed E-state index contributed by atoms with van der Waals surface area (Å²) >= 11 is 0. The number of sulfonamides is 1. The molecule has 0 unspecified atom stereocenters. The Hall–Kier alpha value is -2.65. The molecule has 2 aromatic rings. The van der Waals surface area contributed by atoms with E-state index in [4.69, 9.17) is 4.74 Å². The molecular formula is C23H30FN3O4S. The highest BCUT2D eigenvalue weighted by Gasteiger charge is 2.27. The second-order valence-corrected chi connectivity index (χ2v) is 10.0. The Kier molecular flexibility index (Phi) is 8.09. The number of benzene rings is 2. The lowest BCUT2D eigenvalue weighted by Crippen LogP contribution is -2.49. The fourth-order valence-electron chi connectivity index (χ4n) is 3.56. The average Bonchev–Trinajstić information content (AvgIpc) is 2.77. The molecule has 1 amide bonds. The van der Waals surface area contributed by atoms with E-state index in [9.17, 15) is 17.6 Å². The first-order chi connectivity index (χ1) is 15.3. The Morgan fingerprint density at radius 3 is 2.34 bits per heavy atom. The van der Waals surface area contributed by atoms with Gasteiger partial charge in [0.1, 0.15) is 11.6 Å². The summed E-state index contributed by atoms with van der Waals surface area (Å²) in [6.07, 6.45) is 0.370. The minimum absolute atomic E-state index is 0.0475. The van der Waals surface area contributed by atoms with Crippen molar-refractivity contribution in [1.82, 2.24) is 9.62 Å². The SMILES string of the molecule is CC(C)Oc1ccc(C(=O)NCCCS(=O)(=O)N2CCN(c3ccccc3F)CC2)cc1. The molecule has 1 heterocycles. The van der Waals surface area contributed by atoms with Gasteiger partial charge in [-0.3, -0.25) is 4.79 Å². The zero-order chi connectivity index (χ0) is 23.1. The van der Waals surface area contributed by atoms with Gasteiger partial charge in [-0.15, -0.1) is 0 Å². The molecule has 0 radical (unpaired) electrons. The molecule has 1 fully saturated rings. The number of amides is 1. The molecular weight excluding hydrogens is 433 g/mol. The second-order valence-electron chi connectivity index (χ2n) is 7.95. The fraction of sp³-hybridized carbons (Fsp3) is 0.435. The highest BCUT2D eigenvalue weighted by atomic mass is 32.2. The summed E-state index contributed by atoms with van der Waals surface area (Å²) in [6.45, 7) is 5.62. The summed E-state index contributed by atoms with van der Waals surface area (Å²) in [5, 5.41) is 2.76. The van der Waals surface area contributed by atoms with Gasteiger partial charge in [0.25, 0.3) is 5.91 Å². The van der Waals surface area contributed by atoms with Gasteiger partial charge >= 0.3 is 0 Å². The standard InChI is InChI=1S/C23H30FN3O4S/c1-18(2)31-20-10-8-19(9-11-20)23(28)25-12-5-17-32(29,30)27-15-13-26(14-16-27)22-7-4-3-6-21(22)24/h3-4,6-11,18H,5,12-17H2,1-2H3,(H,25,28). The molecule has 1 aliphatic heterocycles. The van der Waals surface area contributed by atoms with Gasteiger partial charge in [-0.1, -0.05) is 12.1 Å². The quantitative estimate of drug-likeness (QED) is 0.579. The maximum absolute atomic E-state index is 14.0. The van der Waals surface area contributed by atoms with Gasteiger partial charge in [-0.25, -0.2) is 12.8 Å². The fourth-order valence-corrected chi connectivity index (χ4v) is 5.05. The lowest BCUT2D eigenvalue weighted by molar-refractivity contribution is 0.0953. The zero-order valence-corrected chi connectivity index (χ0v) is 19.3. The van der Waals surface area contributed by atoms with Crippen LogP contribution < -0.4 is 15.0 Å². The molecule has 3 rings (SSSR count). The lowest BCUT2D eigenvalue weighted by atomic mass is 10.2. The summed E-state index contributed by atoms with van der Waals surface area (Å²) in [5.74, 6) is 0.0881. The summed E-state index contributed by atoms with van der Waals surface area (Å²) in [6, 6.07) is 13.3. The number of halogens is 1. The zero-order valence-electron chi connectivity index (χ0n) is 18.5. The normalized spacial score (nSPS) is 15.1. The Balaban J connectivity index is 1.42. The van der Waals surface area contributed by atoms with Crippen LogP contribution in [0.5, 0.6) is 5.75 Å². The molecule has 174 valence electrons. The number of piperazine rings is 1. The maximum atomic E-state index is 14.0. The number of nitrogens with one attached hydrogen (secondary N) is 1. The van der Waals surface area contributed by atoms with E-state index in [1.807, 2.05) is 18.7 Å². The third-order valence-corrected chi connectivity index (χ3v) is 7.13. The van der Waals surface area contributed by atoms with Gasteiger partial charge in [0, 0.05) is 38.3 Å². The number of rotatable bonds is 9. The molecule has 0 spiro atoms. The van der Waals surface area contributed by atoms with E-state index in [1.54, 1.807) is 42.5 Å². The van der Waals surface area contributed by atoms with Crippen LogP contribution in [0.1, 0.15) is 30.6 Å². The molecule has 1 aliphatic rings. The van der Waals surface area contributed by atoms with E-state index in [0.717, 1.165) is 0 Å². The minimum Gasteiger partial charge on any atom is -0.491 e. The van der Waals surface area contributed by atoms with Gasteiger partial charge in [-0.05, 0) is 56.7 Å². The number of ether oxygens (including phenoxy) is 1. The van der Waals surface area contributed by atoms with Crippen LogP contribution in [0.3, 0.4) is 0 Å². The van der Waals surface area contributed by atoms with E-state index < -0.39 is 10.0 Å². The molecule has 0 aromatic heterocycles. The first-order valence-corrected chi connectivity index (χ1v) is 12.4. The molecule has 9 heteroatoms. The number of carbonyl (C=O) groups is 1. The van der Waals surface area contributed by atoms with Crippen molar-refractivity contribution in [1.29, 1.82) is 0 Å². The molecule has 7 nitrogen and oxygen atoms in total. The van der Waals surface area contributed by atoms with Crippen molar-refractivity contribution in [2.45, 2.75) is 26.4 Å². The number of para-hydroxylation sites is 1. The van der Waals surface area contributed by atoms with Gasteiger partial charge < -0.3 is 15.0 Å². The van der Waals surface area contributed by atoms with E-state index in [-0.39, 0.29) is 30.1 Å². The maximum Gasteiger partial charge on any atom is 0.251 e. The molecule has 0 atom stereocenters. The molecule has 0 saturated carbocycles. The Morgan fingerprint density at radius 2 is 1.72 bits per heavy atom. The van der Waals surface area contributed by atoms with Crippen molar-refractivity contribution in [3.8, 4) is 5.75 Å². The van der Waals surface area contributed by atoms with Crippen molar-refractivity contribution >= 4 is 21.6 Å². The minimum atomic E-state index is -3.43. The monoisotopic (exact) mass is 463 g/mol. The summed E-state index contributed by atoms with van der Waals surface area (Å²) in [4.78, 5) is 14.1. The largest absolute Gasteiger partial charge is 0.491 e. The van der Waals surface area contributed by atoms with E-state index >= 15 is 0 Å². The predicted molar refractivity (Wildman–Crippen MR) is 123 cm³/mol. The van der Waals surface area contributed by atoms with E-state index in [2.05, 4.69) is 5.32 Å². The molecule has 2 aromatic carbocycles. The van der Waals surface area contributed by atoms with E-state index in [1.165, 1.54) is 10.4 Å². The number of carbonyl (C=O) groups excluding carboxylic acids is 1. The number of anilines is 1. The Labute approximate surface area is 189 Å². The van der Waals surface area contributed by atoms with Crippen LogP contribution in [0, 0.1) is 5.82 Å². The lowest BCUT2D eigenvalue weighted by Gasteiger charge is -2.35. The van der Waals surface area contributed by atoms with Crippen molar-refractivity contribution in [2.75, 3.05) is 43.4 Å². The Morgan fingerprint density at radius 1 is 1.06 bits per heavy atom. The topological polar surface area (TPSA) is 78.9 Å². The first kappa shape index (κ1) is 24.0. The van der Waals surface area contributed by atoms with Crippen molar-refractivity contribution in [3.05, 3.63) is 59.9 Å². The molecule has 1 saturated heterocycles. The van der Waals surface area contributed by atoms with Gasteiger partial charge in [0.05, 0.1) is 17.5 Å². The van der Waals surface area contributed by atoms with Gasteiger partial charge in [-0.2, -0.15) is 4.31 Å². The van der Waals surface area contributed by atoms with Crippen LogP contribution in [0.4, 0.5) is 10.1 Å². The third-order valence-electron chi connectivity index (χ3n) is 5.18. The summed E-state index contributed by atoms with van der Waals surface area (Å²) < 4.78 is 46.2. The molecule has 32 heavy (non-hydrogen) atoms. The number of nitrogens with zero attached hydrogens (tertiary/aromatic N) is 2. The summed E-state index contributed by atoms with van der Waals surface area (Å²) in [5.41, 5.74) is 0.990. The molecule has 1 N–H and O–H groups in total. The van der Waals surface area contributed by atoms with Crippen LogP contribution in [0.2, 0.25) is 0 Å². The highest BCUT2D eigenvalue weighted by Crippen LogP contribution is 2.21. The van der Waals surface area contributed by atoms with Crippen LogP contribution in [0.25, 0.3) is 0 Å². The highest BCUT2D eigenvalue weighted by molar-refractivity contribution is 7.89. The second kappa shape index (κ2) is 10.8. The average molecular weight is 464 g/mol. The van der Waals surface area contributed by atoms with Crippen LogP contribution in [0.15, 0.2) is 48.5 Å². The van der Waals surface area contributed by atoms with Crippen LogP contribution in [-0.2, 0) is 10.0 Å². The van der Waals surface area contributed by atoms with Crippen molar-refractivity contribution < 1.29 is 22.3 Å². The van der Waals surface area contributed by atoms with Crippen molar-refractivity contribution in [2.24, 2.45) is 0 Å². The smallest absolute Gasteiger partial charge is 0.251 e. The van der Waals surface area contributed by atoms with Crippen molar-refractivity contribution in [3.63, 3.8) is 0 Å². The number of hydrogen-bond acceptors (Lipinski definition) is 5. The first-order valence-electron chi connectivity index (χ1n) is 10.8. The van der Waals surface area contributed by atoms with Crippen LogP contribution >= 0.6 is 0 Å². The Bertz CT molecular complexity index is 1000. The number of hydrogen-bond donors (Lipinski definition) is 1. The van der Waals surface area contributed by atoms with E-state index in [0.29, 0.717) is 49.6 Å². The van der Waals surface area contributed by atoms with Crippen LogP contribution in [-0.4, -0.2) is 63.2 Å².